The first-order valence-electron chi connectivity index (χ1n) is 11.9. The Bertz CT molecular complexity index is 1340. The highest BCUT2D eigenvalue weighted by atomic mass is 35.5. The highest BCUT2D eigenvalue weighted by molar-refractivity contribution is 8.26. The molecule has 2 heterocycles. The maximum absolute atomic E-state index is 13.2. The molecule has 0 radical (unpaired) electrons. The number of aromatic nitrogens is 2. The SMILES string of the molecule is CCOc1ccc(-c2nn(-c3ccccc3)cc2/C=C2\SC(=S)N(CCCCCC(=O)O)C2=O)cc1Cl. The number of hydrogen-bond acceptors (Lipinski definition) is 6. The molecular weight excluding hydrogens is 530 g/mol. The number of thiocarbonyl (C=S) groups is 1. The molecule has 1 amide bonds. The zero-order valence-corrected chi connectivity index (χ0v) is 22.6. The summed E-state index contributed by atoms with van der Waals surface area (Å²) in [5, 5.41) is 14.1. The van der Waals surface area contributed by atoms with E-state index >= 15 is 0 Å². The largest absolute Gasteiger partial charge is 0.492 e. The normalized spacial score (nSPS) is 14.5. The average Bonchev–Trinajstić information content (AvgIpc) is 3.41. The van der Waals surface area contributed by atoms with Crippen molar-refractivity contribution in [2.24, 2.45) is 0 Å². The zero-order chi connectivity index (χ0) is 26.4. The van der Waals surface area contributed by atoms with Crippen molar-refractivity contribution < 1.29 is 19.4 Å². The fraction of sp³-hybridized carbons (Fsp3) is 0.259. The van der Waals surface area contributed by atoms with Crippen LogP contribution in [0.2, 0.25) is 5.02 Å². The van der Waals surface area contributed by atoms with Gasteiger partial charge in [-0.1, -0.05) is 60.2 Å². The summed E-state index contributed by atoms with van der Waals surface area (Å²) in [6, 6.07) is 15.2. The molecule has 0 saturated carbocycles. The van der Waals surface area contributed by atoms with Crippen LogP contribution in [-0.4, -0.2) is 49.1 Å². The van der Waals surface area contributed by atoms with E-state index in [0.29, 0.717) is 51.7 Å². The number of carbonyl (C=O) groups is 2. The van der Waals surface area contributed by atoms with Crippen LogP contribution in [0, 0.1) is 0 Å². The third-order valence-electron chi connectivity index (χ3n) is 5.70. The highest BCUT2D eigenvalue weighted by Gasteiger charge is 2.32. The number of benzene rings is 2. The van der Waals surface area contributed by atoms with Gasteiger partial charge in [0, 0.05) is 30.3 Å². The predicted octanol–water partition coefficient (Wildman–Crippen LogP) is 6.44. The molecule has 0 atom stereocenters. The number of unbranched alkanes of at least 4 members (excludes halogenated alkanes) is 2. The van der Waals surface area contributed by atoms with Gasteiger partial charge in [-0.05, 0) is 56.2 Å². The molecule has 10 heteroatoms. The summed E-state index contributed by atoms with van der Waals surface area (Å²) >= 11 is 13.2. The molecule has 4 rings (SSSR count). The van der Waals surface area contributed by atoms with Crippen molar-refractivity contribution in [3.05, 3.63) is 70.2 Å². The number of amides is 1. The van der Waals surface area contributed by atoms with Gasteiger partial charge in [0.25, 0.3) is 5.91 Å². The molecule has 0 spiro atoms. The van der Waals surface area contributed by atoms with Crippen molar-refractivity contribution >= 4 is 57.9 Å². The first-order valence-corrected chi connectivity index (χ1v) is 13.5. The fourth-order valence-electron chi connectivity index (χ4n) is 3.91. The lowest BCUT2D eigenvalue weighted by Gasteiger charge is -2.13. The molecule has 1 saturated heterocycles. The van der Waals surface area contributed by atoms with Gasteiger partial charge in [0.05, 0.1) is 22.2 Å². The number of ether oxygens (including phenoxy) is 1. The second kappa shape index (κ2) is 12.4. The molecule has 37 heavy (non-hydrogen) atoms. The Kier molecular flexibility index (Phi) is 9.02. The molecule has 192 valence electrons. The van der Waals surface area contributed by atoms with Crippen LogP contribution in [-0.2, 0) is 9.59 Å². The summed E-state index contributed by atoms with van der Waals surface area (Å²) in [5.74, 6) is -0.369. The molecule has 7 nitrogen and oxygen atoms in total. The molecule has 0 bridgehead atoms. The monoisotopic (exact) mass is 555 g/mol. The van der Waals surface area contributed by atoms with Crippen LogP contribution in [0.25, 0.3) is 23.0 Å². The molecule has 1 fully saturated rings. The van der Waals surface area contributed by atoms with E-state index in [1.165, 1.54) is 11.8 Å². The first kappa shape index (κ1) is 26.9. The molecule has 1 aliphatic heterocycles. The van der Waals surface area contributed by atoms with Crippen LogP contribution in [0.1, 0.15) is 38.2 Å². The van der Waals surface area contributed by atoms with Crippen LogP contribution in [0.4, 0.5) is 0 Å². The minimum atomic E-state index is -0.811. The topological polar surface area (TPSA) is 84.7 Å². The Balaban J connectivity index is 1.62. The van der Waals surface area contributed by atoms with Crippen molar-refractivity contribution in [3.63, 3.8) is 0 Å². The summed E-state index contributed by atoms with van der Waals surface area (Å²) in [7, 11) is 0. The third-order valence-corrected chi connectivity index (χ3v) is 7.37. The number of halogens is 1. The van der Waals surface area contributed by atoms with E-state index in [1.54, 1.807) is 9.58 Å². The van der Waals surface area contributed by atoms with Crippen LogP contribution < -0.4 is 4.74 Å². The van der Waals surface area contributed by atoms with Crippen LogP contribution in [0.15, 0.2) is 59.6 Å². The van der Waals surface area contributed by atoms with E-state index < -0.39 is 5.97 Å². The standard InChI is InChI=1S/C27H26ClN3O4S2/c1-2-35-22-13-12-18(15-21(22)28)25-19(17-31(29-25)20-9-5-3-6-10-20)16-23-26(34)30(27(36)37-23)14-8-4-7-11-24(32)33/h3,5-6,9-10,12-13,15-17H,2,4,7-8,11,14H2,1H3,(H,32,33)/b23-16-. The number of carboxylic acids is 1. The quantitative estimate of drug-likeness (QED) is 0.166. The van der Waals surface area contributed by atoms with Crippen molar-refractivity contribution in [3.8, 4) is 22.7 Å². The molecule has 2 aromatic carbocycles. The summed E-state index contributed by atoms with van der Waals surface area (Å²) < 4.78 is 7.84. The fourth-order valence-corrected chi connectivity index (χ4v) is 5.44. The smallest absolute Gasteiger partial charge is 0.303 e. The number of rotatable bonds is 11. The van der Waals surface area contributed by atoms with E-state index in [9.17, 15) is 9.59 Å². The Labute approximate surface area is 230 Å². The maximum atomic E-state index is 13.2. The lowest BCUT2D eigenvalue weighted by molar-refractivity contribution is -0.137. The van der Waals surface area contributed by atoms with E-state index in [0.717, 1.165) is 23.2 Å². The lowest BCUT2D eigenvalue weighted by atomic mass is 10.1. The molecule has 0 unspecified atom stereocenters. The number of carbonyl (C=O) groups excluding carboxylic acids is 1. The van der Waals surface area contributed by atoms with E-state index in [-0.39, 0.29) is 12.3 Å². The van der Waals surface area contributed by atoms with Gasteiger partial charge in [-0.2, -0.15) is 5.10 Å². The van der Waals surface area contributed by atoms with Crippen molar-refractivity contribution in [2.75, 3.05) is 13.2 Å². The lowest BCUT2D eigenvalue weighted by Crippen LogP contribution is -2.29. The van der Waals surface area contributed by atoms with Crippen LogP contribution >= 0.6 is 35.6 Å². The Morgan fingerprint density at radius 2 is 1.97 bits per heavy atom. The second-order valence-electron chi connectivity index (χ2n) is 8.33. The minimum Gasteiger partial charge on any atom is -0.492 e. The summed E-state index contributed by atoms with van der Waals surface area (Å²) in [6.45, 7) is 2.87. The Morgan fingerprint density at radius 3 is 2.68 bits per heavy atom. The first-order chi connectivity index (χ1) is 17.9. The number of para-hydroxylation sites is 1. The summed E-state index contributed by atoms with van der Waals surface area (Å²) in [6.07, 6.45) is 5.81. The van der Waals surface area contributed by atoms with E-state index in [2.05, 4.69) is 0 Å². The molecule has 1 aliphatic rings. The van der Waals surface area contributed by atoms with E-state index in [4.69, 9.17) is 38.8 Å². The zero-order valence-electron chi connectivity index (χ0n) is 20.2. The Morgan fingerprint density at radius 1 is 1.19 bits per heavy atom. The van der Waals surface area contributed by atoms with Crippen molar-refractivity contribution in [1.29, 1.82) is 0 Å². The number of thioether (sulfide) groups is 1. The number of aliphatic carboxylic acids is 1. The van der Waals surface area contributed by atoms with Crippen molar-refractivity contribution in [1.82, 2.24) is 14.7 Å². The van der Waals surface area contributed by atoms with Gasteiger partial charge in [-0.25, -0.2) is 4.68 Å². The van der Waals surface area contributed by atoms with Crippen LogP contribution in [0.3, 0.4) is 0 Å². The summed E-state index contributed by atoms with van der Waals surface area (Å²) in [4.78, 5) is 26.0. The summed E-state index contributed by atoms with van der Waals surface area (Å²) in [5.41, 5.74) is 3.11. The average molecular weight is 556 g/mol. The Hall–Kier alpha value is -3.14. The molecule has 0 aliphatic carbocycles. The third kappa shape index (κ3) is 6.60. The van der Waals surface area contributed by atoms with Crippen molar-refractivity contribution in [2.45, 2.75) is 32.6 Å². The molecule has 3 aromatic rings. The second-order valence-corrected chi connectivity index (χ2v) is 10.4. The van der Waals surface area contributed by atoms with Gasteiger partial charge in [-0.15, -0.1) is 0 Å². The van der Waals surface area contributed by atoms with Gasteiger partial charge in [0.1, 0.15) is 15.8 Å². The molecule has 1 aromatic heterocycles. The van der Waals surface area contributed by atoms with E-state index in [1.807, 2.05) is 67.7 Å². The minimum absolute atomic E-state index is 0.127. The molecule has 1 N–H and O–H groups in total. The number of carboxylic acid groups (broad SMARTS) is 1. The predicted molar refractivity (Wildman–Crippen MR) is 151 cm³/mol. The van der Waals surface area contributed by atoms with Gasteiger partial charge in [0.2, 0.25) is 0 Å². The van der Waals surface area contributed by atoms with Crippen LogP contribution in [0.5, 0.6) is 5.75 Å². The van der Waals surface area contributed by atoms with Gasteiger partial charge < -0.3 is 9.84 Å². The van der Waals surface area contributed by atoms with Gasteiger partial charge in [0.15, 0.2) is 0 Å². The highest BCUT2D eigenvalue weighted by Crippen LogP contribution is 2.36. The maximum Gasteiger partial charge on any atom is 0.303 e. The van der Waals surface area contributed by atoms with Gasteiger partial charge >= 0.3 is 5.97 Å². The number of nitrogens with zero attached hydrogens (tertiary/aromatic N) is 3. The number of hydrogen-bond donors (Lipinski definition) is 1. The molecular formula is C27H26ClN3O4S2. The van der Waals surface area contributed by atoms with Gasteiger partial charge in [-0.3, -0.25) is 14.5 Å².